The van der Waals surface area contributed by atoms with Crippen LogP contribution in [0.1, 0.15) is 0 Å². The predicted molar refractivity (Wildman–Crippen MR) is 72.7 cm³/mol. The number of hydrogen-bond donors (Lipinski definition) is 0. The summed E-state index contributed by atoms with van der Waals surface area (Å²) in [6, 6.07) is 12.7. The summed E-state index contributed by atoms with van der Waals surface area (Å²) in [5.41, 5.74) is 2.61. The molecule has 0 aromatic carbocycles. The van der Waals surface area contributed by atoms with E-state index in [0.717, 1.165) is 13.1 Å². The Kier molecular flexibility index (Phi) is 5.06. The van der Waals surface area contributed by atoms with E-state index in [1.54, 1.807) is 0 Å². The van der Waals surface area contributed by atoms with Crippen molar-refractivity contribution >= 4 is 20.8 Å². The Labute approximate surface area is 133 Å². The highest BCUT2D eigenvalue weighted by Gasteiger charge is 2.27. The Morgan fingerprint density at radius 1 is 0.783 bits per heavy atom. The molecule has 0 saturated carbocycles. The van der Waals surface area contributed by atoms with Crippen LogP contribution in [0.2, 0.25) is 0 Å². The molecule has 0 fully saturated rings. The van der Waals surface area contributed by atoms with Crippen LogP contribution < -0.4 is 9.13 Å². The summed E-state index contributed by atoms with van der Waals surface area (Å²) in [6.45, 7) is 2.13. The summed E-state index contributed by atoms with van der Waals surface area (Å²) in [4.78, 5) is 0. The van der Waals surface area contributed by atoms with Gasteiger partial charge in [0, 0.05) is 24.3 Å². The third-order valence-electron chi connectivity index (χ3n) is 2.89. The molecule has 2 aromatic heterocycles. The molecule has 3 rings (SSSR count). The molecule has 0 N–H and O–H groups in total. The normalized spacial score (nSPS) is 13.3. The second-order valence-electron chi connectivity index (χ2n) is 4.44. The summed E-state index contributed by atoms with van der Waals surface area (Å²) in [5, 5.41) is 0. The van der Waals surface area contributed by atoms with Crippen molar-refractivity contribution in [3.05, 3.63) is 48.8 Å². The van der Waals surface area contributed by atoms with Gasteiger partial charge in [-0.2, -0.15) is 12.8 Å². The third-order valence-corrected chi connectivity index (χ3v) is 4.23. The van der Waals surface area contributed by atoms with Crippen molar-refractivity contribution in [2.75, 3.05) is 0 Å². The minimum Gasteiger partial charge on any atom is -0.725 e. The van der Waals surface area contributed by atoms with Crippen LogP contribution in [0.15, 0.2) is 48.8 Å². The Morgan fingerprint density at radius 3 is 1.48 bits per heavy atom. The van der Waals surface area contributed by atoms with Crippen LogP contribution in [0.5, 0.6) is 0 Å². The number of hydrogen-bond acceptors (Lipinski definition) is 7. The maximum Gasteiger partial charge on any atom is 0.277 e. The monoisotopic (exact) mass is 360 g/mol. The number of aryl methyl sites for hydroxylation is 2. The minimum absolute atomic E-state index is 1.07. The standard InChI is InChI=1S/C12H12N2.H2O7S2/c1-3-7-13-9-10-14-8-4-2-6-12(14)11(13)5-1;1-8(2,3)7-9(4,5)6/h1-8H,9-10H2;(H,1,2,3)(H,4,5,6)/q+2;/p-2. The van der Waals surface area contributed by atoms with Gasteiger partial charge in [0.1, 0.15) is 0 Å². The molecule has 23 heavy (non-hydrogen) atoms. The van der Waals surface area contributed by atoms with E-state index < -0.39 is 20.8 Å². The lowest BCUT2D eigenvalue weighted by Gasteiger charge is -2.08. The first kappa shape index (κ1) is 17.4. The molecular weight excluding hydrogens is 348 g/mol. The van der Waals surface area contributed by atoms with Crippen molar-refractivity contribution in [2.45, 2.75) is 13.1 Å². The van der Waals surface area contributed by atoms with Crippen LogP contribution >= 0.6 is 0 Å². The fourth-order valence-corrected chi connectivity index (χ4v) is 2.94. The molecule has 9 nitrogen and oxygen atoms in total. The van der Waals surface area contributed by atoms with Crippen molar-refractivity contribution < 1.29 is 38.7 Å². The quantitative estimate of drug-likeness (QED) is 0.376. The Balaban J connectivity index is 0.000000188. The number of rotatable bonds is 2. The van der Waals surface area contributed by atoms with Crippen molar-refractivity contribution in [2.24, 2.45) is 0 Å². The molecule has 3 heterocycles. The molecule has 0 saturated heterocycles. The van der Waals surface area contributed by atoms with E-state index in [0.29, 0.717) is 0 Å². The smallest absolute Gasteiger partial charge is 0.277 e. The number of pyridine rings is 2. The van der Waals surface area contributed by atoms with Gasteiger partial charge in [-0.3, -0.25) is 0 Å². The molecule has 0 spiro atoms. The first-order valence-corrected chi connectivity index (χ1v) is 8.92. The van der Waals surface area contributed by atoms with Crippen LogP contribution in [0.4, 0.5) is 0 Å². The fraction of sp³-hybridized carbons (Fsp3) is 0.167. The van der Waals surface area contributed by atoms with E-state index in [2.05, 4.69) is 61.6 Å². The first-order valence-electron chi connectivity index (χ1n) is 6.26. The lowest BCUT2D eigenvalue weighted by molar-refractivity contribution is -0.794. The fourth-order valence-electron chi connectivity index (χ4n) is 2.13. The molecule has 11 heteroatoms. The minimum atomic E-state index is -5.43. The van der Waals surface area contributed by atoms with Gasteiger partial charge in [-0.15, -0.1) is 0 Å². The van der Waals surface area contributed by atoms with Crippen LogP contribution in [-0.2, 0) is 37.5 Å². The zero-order valence-electron chi connectivity index (χ0n) is 11.6. The highest BCUT2D eigenvalue weighted by molar-refractivity contribution is 7.94. The van der Waals surface area contributed by atoms with Crippen LogP contribution in [0.3, 0.4) is 0 Å². The van der Waals surface area contributed by atoms with E-state index >= 15 is 0 Å². The largest absolute Gasteiger partial charge is 0.725 e. The summed E-state index contributed by atoms with van der Waals surface area (Å²) in [5.74, 6) is 0. The van der Waals surface area contributed by atoms with Gasteiger partial charge in [-0.05, 0) is 12.1 Å². The third kappa shape index (κ3) is 5.33. The number of aromatic nitrogens is 2. The molecule has 0 amide bonds. The molecule has 0 unspecified atom stereocenters. The van der Waals surface area contributed by atoms with Crippen molar-refractivity contribution in [3.8, 4) is 11.4 Å². The zero-order chi connectivity index (χ0) is 17.1. The summed E-state index contributed by atoms with van der Waals surface area (Å²) in [7, 11) is -10.9. The molecule has 1 aliphatic rings. The van der Waals surface area contributed by atoms with Crippen molar-refractivity contribution in [3.63, 3.8) is 0 Å². The van der Waals surface area contributed by atoms with E-state index in [1.165, 1.54) is 11.4 Å². The highest BCUT2D eigenvalue weighted by Crippen LogP contribution is 2.11. The molecule has 124 valence electrons. The molecule has 1 aliphatic heterocycles. The second kappa shape index (κ2) is 6.68. The molecule has 0 atom stereocenters. The second-order valence-corrected chi connectivity index (χ2v) is 6.62. The highest BCUT2D eigenvalue weighted by atomic mass is 32.3. The summed E-state index contributed by atoms with van der Waals surface area (Å²) < 4.78 is 62.8. The number of nitrogens with zero attached hydrogens (tertiary/aromatic N) is 2. The molecular formula is C12H12N2O7S2. The average molecular weight is 360 g/mol. The van der Waals surface area contributed by atoms with E-state index in [-0.39, 0.29) is 0 Å². The lowest BCUT2D eigenvalue weighted by atomic mass is 10.2. The lowest BCUT2D eigenvalue weighted by Crippen LogP contribution is -2.52. The predicted octanol–water partition coefficient (Wildman–Crippen LogP) is -1.13. The Bertz CT molecular complexity index is 835. The molecule has 0 radical (unpaired) electrons. The average Bonchev–Trinajstić information content (AvgIpc) is 2.44. The van der Waals surface area contributed by atoms with E-state index in [4.69, 9.17) is 0 Å². The van der Waals surface area contributed by atoms with Crippen LogP contribution in [-0.4, -0.2) is 25.9 Å². The Hall–Kier alpha value is -1.92. The van der Waals surface area contributed by atoms with Gasteiger partial charge in [0.2, 0.25) is 33.9 Å². The van der Waals surface area contributed by atoms with Gasteiger partial charge >= 0.3 is 0 Å². The van der Waals surface area contributed by atoms with Crippen LogP contribution in [0, 0.1) is 0 Å². The van der Waals surface area contributed by atoms with Gasteiger partial charge in [-0.25, -0.2) is 16.8 Å². The van der Waals surface area contributed by atoms with Crippen LogP contribution in [0.25, 0.3) is 11.4 Å². The van der Waals surface area contributed by atoms with Gasteiger partial charge in [0.15, 0.2) is 12.4 Å². The molecule has 0 aliphatic carbocycles. The first-order chi connectivity index (χ1) is 10.7. The Morgan fingerprint density at radius 2 is 1.17 bits per heavy atom. The van der Waals surface area contributed by atoms with E-state index in [9.17, 15) is 25.9 Å². The zero-order valence-corrected chi connectivity index (χ0v) is 13.2. The molecule has 2 aromatic rings. The van der Waals surface area contributed by atoms with Gasteiger partial charge in [-0.1, -0.05) is 0 Å². The van der Waals surface area contributed by atoms with Gasteiger partial charge in [0.25, 0.3) is 11.4 Å². The number of fused-ring (bicyclic) bond motifs is 3. The summed E-state index contributed by atoms with van der Waals surface area (Å²) >= 11 is 0. The van der Waals surface area contributed by atoms with E-state index in [1.807, 2.05) is 0 Å². The van der Waals surface area contributed by atoms with Gasteiger partial charge < -0.3 is 9.11 Å². The van der Waals surface area contributed by atoms with Crippen molar-refractivity contribution in [1.29, 1.82) is 0 Å². The SMILES string of the molecule is O=S(=O)([O-])OS(=O)(=O)[O-].c1cc[n+]2c(c1)-c1cccc[n+]1CC2. The van der Waals surface area contributed by atoms with Crippen molar-refractivity contribution in [1.82, 2.24) is 0 Å². The summed E-state index contributed by atoms with van der Waals surface area (Å²) in [6.07, 6.45) is 4.29. The topological polar surface area (TPSA) is 131 Å². The van der Waals surface area contributed by atoms with Gasteiger partial charge in [0.05, 0.1) is 0 Å². The molecule has 0 bridgehead atoms. The maximum atomic E-state index is 9.29. The maximum absolute atomic E-state index is 9.29.